The van der Waals surface area contributed by atoms with Gasteiger partial charge >= 0.3 is 0 Å². The van der Waals surface area contributed by atoms with Crippen LogP contribution in [0.3, 0.4) is 0 Å². The van der Waals surface area contributed by atoms with Crippen molar-refractivity contribution in [2.45, 2.75) is 133 Å². The van der Waals surface area contributed by atoms with Crippen LogP contribution >= 0.6 is 0 Å². The van der Waals surface area contributed by atoms with E-state index in [0.29, 0.717) is 79.1 Å². The van der Waals surface area contributed by atoms with E-state index in [9.17, 15) is 24.6 Å². The summed E-state index contributed by atoms with van der Waals surface area (Å²) in [5.41, 5.74) is 10.9. The molecule has 5 saturated heterocycles. The minimum atomic E-state index is -0.859. The number of nitrogens with two attached hydrogens (primary N) is 1. The molecule has 20 heteroatoms. The molecule has 5 N–H and O–H groups in total. The Hall–Kier alpha value is -7.50. The summed E-state index contributed by atoms with van der Waals surface area (Å²) in [6.07, 6.45) is 7.98. The number of nitrogen functional groups attached to an aromatic ring is 1. The van der Waals surface area contributed by atoms with Gasteiger partial charge in [0.25, 0.3) is 0 Å². The van der Waals surface area contributed by atoms with Gasteiger partial charge in [0.2, 0.25) is 23.6 Å². The fourth-order valence-electron chi connectivity index (χ4n) is 12.6. The number of phenolic OH excluding ortho intramolecular Hbond substituents is 1. The van der Waals surface area contributed by atoms with E-state index in [1.807, 2.05) is 50.1 Å². The van der Waals surface area contributed by atoms with Crippen molar-refractivity contribution >= 4 is 40.7 Å². The molecule has 1 saturated carbocycles. The first-order valence-corrected chi connectivity index (χ1v) is 27.8. The van der Waals surface area contributed by atoms with Gasteiger partial charge in [-0.15, -0.1) is 10.2 Å². The number of aliphatic hydroxyl groups excluding tert-OH is 1. The van der Waals surface area contributed by atoms with E-state index >= 15 is 0 Å². The number of para-hydroxylation sites is 1. The highest BCUT2D eigenvalue weighted by atomic mass is 16.5. The van der Waals surface area contributed by atoms with Gasteiger partial charge in [-0.1, -0.05) is 43.3 Å². The number of hydrogen-bond acceptors (Lipinski definition) is 17. The number of benzene rings is 2. The minimum Gasteiger partial charge on any atom is -0.507 e. The quantitative estimate of drug-likeness (QED) is 0.0944. The van der Waals surface area contributed by atoms with Crippen LogP contribution in [0.15, 0.2) is 83.5 Å². The van der Waals surface area contributed by atoms with Crippen LogP contribution in [0.4, 0.5) is 23.0 Å². The lowest BCUT2D eigenvalue weighted by atomic mass is 9.91. The van der Waals surface area contributed by atoms with Crippen molar-refractivity contribution in [3.05, 3.63) is 95.9 Å². The second-order valence-electron chi connectivity index (χ2n) is 22.5. The van der Waals surface area contributed by atoms with E-state index in [1.54, 1.807) is 42.5 Å². The number of carbonyl (C=O) groups is 3. The zero-order chi connectivity index (χ0) is 54.2. The maximum atomic E-state index is 14.3. The summed E-state index contributed by atoms with van der Waals surface area (Å²) in [4.78, 5) is 56.7. The number of piperidine rings is 2. The minimum absolute atomic E-state index is 0.0251. The lowest BCUT2D eigenvalue weighted by Gasteiger charge is -2.43. The number of fused-ring (bicyclic) bond motifs is 2. The van der Waals surface area contributed by atoms with E-state index in [0.717, 1.165) is 68.6 Å². The third-order valence-electron chi connectivity index (χ3n) is 17.0. The number of nitrogens with zero attached hydrogens (tertiary/aromatic N) is 10. The van der Waals surface area contributed by atoms with Crippen LogP contribution in [0.2, 0.25) is 0 Å². The number of piperazine rings is 1. The molecule has 11 rings (SSSR count). The topological polar surface area (TPSA) is 253 Å². The van der Waals surface area contributed by atoms with E-state index in [-0.39, 0.29) is 84.7 Å². The standard InChI is InChI=1S/C58H70N12O8/c1-34(2)54(58(75)69-33-42(71)25-49(69)56(73)62-35(3)37-10-8-36(30-59)9-11-37)51-29-52(65-78-51)66-20-15-38(16-21-66)57(74)67-22-17-43(18-23-67)76-44-26-45(27-44)77-53-24-39(14-19-61-53)70-40-12-13-41(70)32-68(31-40)48-28-47(63-64-55(48)60)46-6-4-5-7-50(46)72/h4-11,14,19,24,28-29,34-35,38,40-45,49,54,71-72H,12-13,15-18,20-23,25-27,31-33H2,1-3H3,(H2,60,64)(H,62,73)/t35-,40+,41?,42+,44?,45?,49-,54+/m0/s1. The van der Waals surface area contributed by atoms with Crippen LogP contribution in [-0.2, 0) is 19.1 Å². The molecule has 6 atom stereocenters. The highest BCUT2D eigenvalue weighted by molar-refractivity contribution is 5.91. The van der Waals surface area contributed by atoms with E-state index < -0.39 is 18.1 Å². The molecule has 8 heterocycles. The van der Waals surface area contributed by atoms with Crippen molar-refractivity contribution in [2.24, 2.45) is 11.8 Å². The maximum Gasteiger partial charge on any atom is 0.243 e. The number of ether oxygens (including phenoxy) is 2. The number of anilines is 4. The molecule has 6 fully saturated rings. The highest BCUT2D eigenvalue weighted by Gasteiger charge is 2.45. The number of rotatable bonds is 15. The second-order valence-corrected chi connectivity index (χ2v) is 22.5. The first-order chi connectivity index (χ1) is 37.8. The molecule has 1 unspecified atom stereocenters. The van der Waals surface area contributed by atoms with Gasteiger partial charge in [-0.3, -0.25) is 14.4 Å². The molecule has 0 radical (unpaired) electrons. The Kier molecular flexibility index (Phi) is 15.1. The van der Waals surface area contributed by atoms with Gasteiger partial charge in [0.15, 0.2) is 17.4 Å². The van der Waals surface area contributed by atoms with Gasteiger partial charge in [-0.25, -0.2) is 4.98 Å². The molecule has 410 valence electrons. The molecule has 2 aromatic carbocycles. The number of β-amino-alcohol motifs (C(OH)–C–C–N with tert-alkyl or cyclic N) is 1. The molecule has 0 spiro atoms. The molecular weight excluding hydrogens is 993 g/mol. The predicted octanol–water partition coefficient (Wildman–Crippen LogP) is 5.96. The lowest BCUT2D eigenvalue weighted by molar-refractivity contribution is -0.142. The van der Waals surface area contributed by atoms with Crippen LogP contribution in [0, 0.1) is 23.2 Å². The van der Waals surface area contributed by atoms with Gasteiger partial charge < -0.3 is 59.8 Å². The summed E-state index contributed by atoms with van der Waals surface area (Å²) in [7, 11) is 0. The lowest BCUT2D eigenvalue weighted by Crippen LogP contribution is -2.54. The number of nitriles is 1. The number of hydrogen-bond donors (Lipinski definition) is 4. The summed E-state index contributed by atoms with van der Waals surface area (Å²) >= 11 is 0. The SMILES string of the molecule is CC(C)[C@@H](C(=O)N1C[C@H](O)C[C@H]1C(=O)N[C@@H](C)c1ccc(C#N)cc1)c1cc(N2CCC(C(=O)N3CCC(OC4CC(Oc5cc(N6C7CC[C@@H]6CN(c6cc(-c8ccccc8O)nnc6N)C7)ccn5)C4)CC3)CC2)no1. The zero-order valence-electron chi connectivity index (χ0n) is 44.6. The van der Waals surface area contributed by atoms with Crippen LogP contribution in [0.1, 0.15) is 107 Å². The zero-order valence-corrected chi connectivity index (χ0v) is 44.6. The van der Waals surface area contributed by atoms with E-state index in [2.05, 4.69) is 58.6 Å². The van der Waals surface area contributed by atoms with E-state index in [1.165, 1.54) is 4.90 Å². The summed E-state index contributed by atoms with van der Waals surface area (Å²) < 4.78 is 18.8. The molecule has 5 aliphatic heterocycles. The number of aromatic nitrogens is 4. The third kappa shape index (κ3) is 11.0. The first-order valence-electron chi connectivity index (χ1n) is 27.8. The Labute approximate surface area is 454 Å². The van der Waals surface area contributed by atoms with Crippen LogP contribution in [-0.4, -0.2) is 146 Å². The van der Waals surface area contributed by atoms with Crippen molar-refractivity contribution in [1.29, 1.82) is 5.26 Å². The number of carbonyl (C=O) groups excluding carboxylic acids is 3. The number of amides is 3. The van der Waals surface area contributed by atoms with Gasteiger partial charge in [-0.2, -0.15) is 5.26 Å². The number of nitrogens with one attached hydrogen (secondary N) is 1. The number of aromatic hydroxyl groups is 1. The average Bonchev–Trinajstić information content (AvgIpc) is 4.31. The molecule has 20 nitrogen and oxygen atoms in total. The van der Waals surface area contributed by atoms with Crippen LogP contribution in [0.25, 0.3) is 11.3 Å². The molecule has 2 bridgehead atoms. The van der Waals surface area contributed by atoms with Crippen LogP contribution < -0.4 is 30.5 Å². The van der Waals surface area contributed by atoms with Crippen molar-refractivity contribution in [3.8, 4) is 29.0 Å². The van der Waals surface area contributed by atoms with Gasteiger partial charge in [-0.05, 0) is 93.3 Å². The molecule has 1 aliphatic carbocycles. The number of likely N-dealkylation sites (tertiary alicyclic amines) is 2. The molecule has 3 amide bonds. The molecule has 78 heavy (non-hydrogen) atoms. The van der Waals surface area contributed by atoms with Crippen molar-refractivity contribution < 1.29 is 38.6 Å². The van der Waals surface area contributed by atoms with Gasteiger partial charge in [0, 0.05) is 113 Å². The number of pyridine rings is 1. The van der Waals surface area contributed by atoms with Crippen LogP contribution in [0.5, 0.6) is 11.6 Å². The first kappa shape index (κ1) is 52.5. The summed E-state index contributed by atoms with van der Waals surface area (Å²) in [5.74, 6) is 0.674. The van der Waals surface area contributed by atoms with Gasteiger partial charge in [0.05, 0.1) is 47.4 Å². The maximum absolute atomic E-state index is 14.3. The highest BCUT2D eigenvalue weighted by Crippen LogP contribution is 2.41. The normalized spacial score (nSPS) is 24.4. The van der Waals surface area contributed by atoms with Gasteiger partial charge in [0.1, 0.15) is 23.8 Å². The molecule has 6 aliphatic rings. The average molecular weight is 1060 g/mol. The summed E-state index contributed by atoms with van der Waals surface area (Å²) in [5, 5.41) is 46.2. The predicted molar refractivity (Wildman–Crippen MR) is 290 cm³/mol. The molecule has 3 aromatic heterocycles. The third-order valence-corrected chi connectivity index (χ3v) is 17.0. The molecular formula is C58H70N12O8. The second kappa shape index (κ2) is 22.5. The largest absolute Gasteiger partial charge is 0.507 e. The summed E-state index contributed by atoms with van der Waals surface area (Å²) in [6, 6.07) is 23.4. The van der Waals surface area contributed by atoms with Crippen molar-refractivity contribution in [3.63, 3.8) is 0 Å². The van der Waals surface area contributed by atoms with E-state index in [4.69, 9.17) is 25.0 Å². The Morgan fingerprint density at radius 3 is 2.27 bits per heavy atom. The smallest absolute Gasteiger partial charge is 0.243 e. The number of aliphatic hydroxyl groups is 1. The fourth-order valence-corrected chi connectivity index (χ4v) is 12.6. The van der Waals surface area contributed by atoms with Crippen molar-refractivity contribution in [2.75, 3.05) is 66.2 Å². The Balaban J connectivity index is 0.609. The fraction of sp³-hybridized carbons (Fsp3) is 0.517. The van der Waals surface area contributed by atoms with Crippen molar-refractivity contribution in [1.82, 2.24) is 35.5 Å². The Morgan fingerprint density at radius 2 is 1.56 bits per heavy atom. The Bertz CT molecular complexity index is 2990. The number of phenols is 1. The molecule has 5 aromatic rings. The summed E-state index contributed by atoms with van der Waals surface area (Å²) in [6.45, 7) is 9.85. The monoisotopic (exact) mass is 1060 g/mol. The Morgan fingerprint density at radius 1 is 0.833 bits per heavy atom.